The van der Waals surface area contributed by atoms with E-state index >= 15 is 0 Å². The molecule has 0 aromatic carbocycles. The van der Waals surface area contributed by atoms with Crippen molar-refractivity contribution in [2.24, 2.45) is 0 Å². The summed E-state index contributed by atoms with van der Waals surface area (Å²) in [5.74, 6) is 0.881. The lowest BCUT2D eigenvalue weighted by atomic mass is 10.1. The number of aryl methyl sites for hydroxylation is 2. The zero-order valence-corrected chi connectivity index (χ0v) is 14.5. The second-order valence-corrected chi connectivity index (χ2v) is 7.03. The summed E-state index contributed by atoms with van der Waals surface area (Å²) in [6.07, 6.45) is 5.82. The van der Waals surface area contributed by atoms with Crippen molar-refractivity contribution >= 4 is 23.1 Å². The molecule has 23 heavy (non-hydrogen) atoms. The van der Waals surface area contributed by atoms with Gasteiger partial charge in [0.25, 0.3) is 0 Å². The van der Waals surface area contributed by atoms with Crippen LogP contribution in [-0.4, -0.2) is 39.4 Å². The second-order valence-electron chi connectivity index (χ2n) is 5.74. The van der Waals surface area contributed by atoms with Gasteiger partial charge in [0.2, 0.25) is 5.91 Å². The third kappa shape index (κ3) is 3.34. The molecule has 0 bridgehead atoms. The van der Waals surface area contributed by atoms with Gasteiger partial charge >= 0.3 is 0 Å². The largest absolute Gasteiger partial charge is 0.372 e. The predicted molar refractivity (Wildman–Crippen MR) is 90.6 cm³/mol. The molecule has 6 nitrogen and oxygen atoms in total. The zero-order chi connectivity index (χ0) is 16.4. The molecular formula is C16H21N5OS. The van der Waals surface area contributed by atoms with Gasteiger partial charge in [0.05, 0.1) is 41.3 Å². The van der Waals surface area contributed by atoms with Crippen LogP contribution in [0.1, 0.15) is 40.2 Å². The number of anilines is 1. The SMILES string of the molecule is CNc1cncc([C@@H]2CCCN2C(=O)Cc2sc(C)nc2C)n1. The molecule has 1 amide bonds. The van der Waals surface area contributed by atoms with Crippen LogP contribution >= 0.6 is 11.3 Å². The Kier molecular flexibility index (Phi) is 4.56. The first-order valence-electron chi connectivity index (χ1n) is 7.80. The fourth-order valence-electron chi connectivity index (χ4n) is 3.01. The summed E-state index contributed by atoms with van der Waals surface area (Å²) in [6, 6.07) is 0.0256. The molecule has 1 aliphatic heterocycles. The van der Waals surface area contributed by atoms with Crippen molar-refractivity contribution in [3.63, 3.8) is 0 Å². The number of amides is 1. The van der Waals surface area contributed by atoms with Gasteiger partial charge in [-0.15, -0.1) is 11.3 Å². The summed E-state index contributed by atoms with van der Waals surface area (Å²) in [7, 11) is 1.82. The number of nitrogens with zero attached hydrogens (tertiary/aromatic N) is 4. The quantitative estimate of drug-likeness (QED) is 0.932. The number of nitrogens with one attached hydrogen (secondary N) is 1. The number of likely N-dealkylation sites (tertiary alicyclic amines) is 1. The fourth-order valence-corrected chi connectivity index (χ4v) is 3.94. The summed E-state index contributed by atoms with van der Waals surface area (Å²) >= 11 is 1.61. The first-order valence-corrected chi connectivity index (χ1v) is 8.62. The van der Waals surface area contributed by atoms with Crippen LogP contribution in [0.5, 0.6) is 0 Å². The van der Waals surface area contributed by atoms with Gasteiger partial charge in [0, 0.05) is 18.5 Å². The van der Waals surface area contributed by atoms with Crippen molar-refractivity contribution in [3.8, 4) is 0 Å². The molecule has 1 fully saturated rings. The van der Waals surface area contributed by atoms with Gasteiger partial charge in [-0.25, -0.2) is 9.97 Å². The Morgan fingerprint density at radius 2 is 2.22 bits per heavy atom. The second kappa shape index (κ2) is 6.62. The minimum absolute atomic E-state index is 0.0256. The fraction of sp³-hybridized carbons (Fsp3) is 0.500. The predicted octanol–water partition coefficient (Wildman–Crippen LogP) is 2.50. The van der Waals surface area contributed by atoms with E-state index in [1.54, 1.807) is 23.7 Å². The molecule has 2 aromatic rings. The van der Waals surface area contributed by atoms with Crippen LogP contribution in [0, 0.1) is 13.8 Å². The molecule has 7 heteroatoms. The monoisotopic (exact) mass is 331 g/mol. The highest BCUT2D eigenvalue weighted by Gasteiger charge is 2.31. The van der Waals surface area contributed by atoms with E-state index in [1.807, 2.05) is 25.8 Å². The van der Waals surface area contributed by atoms with Crippen molar-refractivity contribution in [1.82, 2.24) is 19.9 Å². The third-order valence-corrected chi connectivity index (χ3v) is 5.21. The Morgan fingerprint density at radius 1 is 1.39 bits per heavy atom. The van der Waals surface area contributed by atoms with Crippen molar-refractivity contribution in [2.45, 2.75) is 39.2 Å². The first-order chi connectivity index (χ1) is 11.1. The number of hydrogen-bond acceptors (Lipinski definition) is 6. The Balaban J connectivity index is 1.78. The van der Waals surface area contributed by atoms with E-state index in [4.69, 9.17) is 0 Å². The van der Waals surface area contributed by atoms with E-state index < -0.39 is 0 Å². The molecule has 0 radical (unpaired) electrons. The molecule has 0 unspecified atom stereocenters. The third-order valence-electron chi connectivity index (χ3n) is 4.14. The molecule has 0 aliphatic carbocycles. The van der Waals surface area contributed by atoms with Gasteiger partial charge in [0.1, 0.15) is 5.82 Å². The lowest BCUT2D eigenvalue weighted by Gasteiger charge is -2.24. The maximum Gasteiger partial charge on any atom is 0.228 e. The minimum atomic E-state index is 0.0256. The maximum absolute atomic E-state index is 12.8. The number of thiazole rings is 1. The van der Waals surface area contributed by atoms with Crippen LogP contribution in [-0.2, 0) is 11.2 Å². The number of rotatable bonds is 4. The average Bonchev–Trinajstić information content (AvgIpc) is 3.14. The van der Waals surface area contributed by atoms with E-state index in [9.17, 15) is 4.79 Å². The molecule has 3 rings (SSSR count). The normalized spacial score (nSPS) is 17.5. The Hall–Kier alpha value is -2.02. The lowest BCUT2D eigenvalue weighted by molar-refractivity contribution is -0.131. The average molecular weight is 331 g/mol. The van der Waals surface area contributed by atoms with E-state index in [-0.39, 0.29) is 11.9 Å². The minimum Gasteiger partial charge on any atom is -0.372 e. The van der Waals surface area contributed by atoms with E-state index in [1.165, 1.54) is 0 Å². The maximum atomic E-state index is 12.8. The van der Waals surface area contributed by atoms with E-state index in [2.05, 4.69) is 20.3 Å². The van der Waals surface area contributed by atoms with E-state index in [0.717, 1.165) is 46.5 Å². The summed E-state index contributed by atoms with van der Waals surface area (Å²) in [5.41, 5.74) is 1.83. The van der Waals surface area contributed by atoms with Crippen LogP contribution < -0.4 is 5.32 Å². The molecule has 1 N–H and O–H groups in total. The van der Waals surface area contributed by atoms with Crippen LogP contribution in [0.3, 0.4) is 0 Å². The Bertz CT molecular complexity index is 714. The van der Waals surface area contributed by atoms with Crippen LogP contribution in [0.15, 0.2) is 12.4 Å². The van der Waals surface area contributed by atoms with E-state index in [0.29, 0.717) is 6.42 Å². The van der Waals surface area contributed by atoms with Crippen molar-refractivity contribution in [1.29, 1.82) is 0 Å². The standard InChI is InChI=1S/C16H21N5OS/c1-10-14(23-11(2)19-10)7-16(22)21-6-4-5-13(21)12-8-18-9-15(17-3)20-12/h8-9,13H,4-7H2,1-3H3,(H,17,20)/t13-/m0/s1. The van der Waals surface area contributed by atoms with Crippen molar-refractivity contribution in [2.75, 3.05) is 18.9 Å². The van der Waals surface area contributed by atoms with Crippen LogP contribution in [0.25, 0.3) is 0 Å². The molecule has 0 spiro atoms. The Morgan fingerprint density at radius 3 is 2.91 bits per heavy atom. The van der Waals surface area contributed by atoms with Gasteiger partial charge in [-0.3, -0.25) is 9.78 Å². The molecule has 1 saturated heterocycles. The molecule has 1 atom stereocenters. The summed E-state index contributed by atoms with van der Waals surface area (Å²) in [6.45, 7) is 4.73. The van der Waals surface area contributed by atoms with Crippen molar-refractivity contribution < 1.29 is 4.79 Å². The Labute approximate surface area is 140 Å². The molecule has 0 saturated carbocycles. The first kappa shape index (κ1) is 15.9. The summed E-state index contributed by atoms with van der Waals surface area (Å²) in [5, 5.41) is 4.01. The number of hydrogen-bond donors (Lipinski definition) is 1. The smallest absolute Gasteiger partial charge is 0.228 e. The highest BCUT2D eigenvalue weighted by molar-refractivity contribution is 7.11. The van der Waals surface area contributed by atoms with Gasteiger partial charge < -0.3 is 10.2 Å². The molecule has 3 heterocycles. The molecular weight excluding hydrogens is 310 g/mol. The molecule has 1 aliphatic rings. The highest BCUT2D eigenvalue weighted by atomic mass is 32.1. The summed E-state index contributed by atoms with van der Waals surface area (Å²) < 4.78 is 0. The van der Waals surface area contributed by atoms with Gasteiger partial charge in [-0.1, -0.05) is 0 Å². The lowest BCUT2D eigenvalue weighted by Crippen LogP contribution is -2.32. The van der Waals surface area contributed by atoms with Crippen LogP contribution in [0.4, 0.5) is 5.82 Å². The van der Waals surface area contributed by atoms with Crippen LogP contribution in [0.2, 0.25) is 0 Å². The number of aromatic nitrogens is 3. The molecule has 122 valence electrons. The number of carbonyl (C=O) groups is 1. The number of carbonyl (C=O) groups excluding carboxylic acids is 1. The molecule has 2 aromatic heterocycles. The zero-order valence-electron chi connectivity index (χ0n) is 13.7. The summed E-state index contributed by atoms with van der Waals surface area (Å²) in [4.78, 5) is 29.0. The van der Waals surface area contributed by atoms with Gasteiger partial charge in [0.15, 0.2) is 0 Å². The topological polar surface area (TPSA) is 71.0 Å². The van der Waals surface area contributed by atoms with Gasteiger partial charge in [-0.2, -0.15) is 0 Å². The highest BCUT2D eigenvalue weighted by Crippen LogP contribution is 2.32. The van der Waals surface area contributed by atoms with Gasteiger partial charge in [-0.05, 0) is 26.7 Å². The van der Waals surface area contributed by atoms with Crippen molar-refractivity contribution in [3.05, 3.63) is 33.7 Å².